The molecule has 0 aromatic carbocycles. The van der Waals surface area contributed by atoms with E-state index in [1.54, 1.807) is 36.7 Å². The van der Waals surface area contributed by atoms with Crippen molar-refractivity contribution >= 4 is 5.78 Å². The normalized spacial score (nSPS) is 10.1. The largest absolute Gasteiger partial charge is 0.287 e. The van der Waals surface area contributed by atoms with Crippen LogP contribution in [0, 0.1) is 0 Å². The molecule has 2 aromatic heterocycles. The lowest BCUT2D eigenvalue weighted by atomic mass is 10.0. The number of carbonyl (C=O) groups is 1. The lowest BCUT2D eigenvalue weighted by molar-refractivity contribution is 0.103. The molecule has 0 aliphatic carbocycles. The SMILES string of the molecule is CCc1ncccc1C(=O)c1ccccn1. The van der Waals surface area contributed by atoms with Crippen molar-refractivity contribution in [2.24, 2.45) is 0 Å². The molecule has 0 aliphatic heterocycles. The first-order chi connectivity index (χ1) is 7.83. The van der Waals surface area contributed by atoms with Gasteiger partial charge in [-0.25, -0.2) is 0 Å². The van der Waals surface area contributed by atoms with Gasteiger partial charge in [0.1, 0.15) is 5.69 Å². The summed E-state index contributed by atoms with van der Waals surface area (Å²) >= 11 is 0. The van der Waals surface area contributed by atoms with Crippen LogP contribution in [0.3, 0.4) is 0 Å². The predicted molar refractivity (Wildman–Crippen MR) is 61.3 cm³/mol. The second-order valence-corrected chi connectivity index (χ2v) is 3.40. The van der Waals surface area contributed by atoms with Gasteiger partial charge in [-0.3, -0.25) is 14.8 Å². The molecule has 0 radical (unpaired) electrons. The highest BCUT2D eigenvalue weighted by Crippen LogP contribution is 2.11. The zero-order chi connectivity index (χ0) is 11.4. The third-order valence-corrected chi connectivity index (χ3v) is 2.37. The van der Waals surface area contributed by atoms with Crippen LogP contribution in [0.15, 0.2) is 42.7 Å². The summed E-state index contributed by atoms with van der Waals surface area (Å²) in [7, 11) is 0. The molecule has 2 heterocycles. The first-order valence-corrected chi connectivity index (χ1v) is 5.22. The summed E-state index contributed by atoms with van der Waals surface area (Å²) in [4.78, 5) is 20.4. The number of hydrogen-bond donors (Lipinski definition) is 0. The second kappa shape index (κ2) is 4.66. The number of nitrogens with zero attached hydrogens (tertiary/aromatic N) is 2. The van der Waals surface area contributed by atoms with Gasteiger partial charge in [0.2, 0.25) is 5.78 Å². The lowest BCUT2D eigenvalue weighted by Gasteiger charge is -2.04. The van der Waals surface area contributed by atoms with E-state index in [-0.39, 0.29) is 5.78 Å². The fraction of sp³-hybridized carbons (Fsp3) is 0.154. The average molecular weight is 212 g/mol. The van der Waals surface area contributed by atoms with Crippen LogP contribution >= 0.6 is 0 Å². The molecular formula is C13H12N2O. The highest BCUT2D eigenvalue weighted by atomic mass is 16.1. The maximum atomic E-state index is 12.1. The maximum absolute atomic E-state index is 12.1. The van der Waals surface area contributed by atoms with Gasteiger partial charge < -0.3 is 0 Å². The van der Waals surface area contributed by atoms with Crippen LogP contribution in [0.1, 0.15) is 28.7 Å². The molecule has 3 heteroatoms. The number of carbonyl (C=O) groups excluding carboxylic acids is 1. The Labute approximate surface area is 94.2 Å². The van der Waals surface area contributed by atoms with Crippen molar-refractivity contribution < 1.29 is 4.79 Å². The van der Waals surface area contributed by atoms with E-state index >= 15 is 0 Å². The molecule has 16 heavy (non-hydrogen) atoms. The van der Waals surface area contributed by atoms with E-state index in [4.69, 9.17) is 0 Å². The topological polar surface area (TPSA) is 42.9 Å². The minimum Gasteiger partial charge on any atom is -0.287 e. The summed E-state index contributed by atoms with van der Waals surface area (Å²) < 4.78 is 0. The molecule has 2 aromatic rings. The van der Waals surface area contributed by atoms with Crippen LogP contribution < -0.4 is 0 Å². The highest BCUT2D eigenvalue weighted by Gasteiger charge is 2.13. The van der Waals surface area contributed by atoms with Crippen LogP contribution in [-0.2, 0) is 6.42 Å². The fourth-order valence-electron chi connectivity index (χ4n) is 1.56. The van der Waals surface area contributed by atoms with Gasteiger partial charge in [0.25, 0.3) is 0 Å². The van der Waals surface area contributed by atoms with Crippen LogP contribution in [0.25, 0.3) is 0 Å². The van der Waals surface area contributed by atoms with Crippen molar-refractivity contribution in [2.75, 3.05) is 0 Å². The second-order valence-electron chi connectivity index (χ2n) is 3.40. The van der Waals surface area contributed by atoms with E-state index < -0.39 is 0 Å². The van der Waals surface area contributed by atoms with Gasteiger partial charge in [-0.15, -0.1) is 0 Å². The Morgan fingerprint density at radius 3 is 2.62 bits per heavy atom. The number of aryl methyl sites for hydroxylation is 1. The molecule has 0 bridgehead atoms. The van der Waals surface area contributed by atoms with Gasteiger partial charge in [0.05, 0.1) is 5.69 Å². The Balaban J connectivity index is 2.42. The van der Waals surface area contributed by atoms with E-state index in [0.717, 1.165) is 12.1 Å². The minimum absolute atomic E-state index is 0.0643. The van der Waals surface area contributed by atoms with Gasteiger partial charge in [-0.1, -0.05) is 13.0 Å². The first kappa shape index (κ1) is 10.5. The predicted octanol–water partition coefficient (Wildman–Crippen LogP) is 2.27. The standard InChI is InChI=1S/C13H12N2O/c1-2-11-10(6-5-9-14-11)13(16)12-7-3-4-8-15-12/h3-9H,2H2,1H3. The minimum atomic E-state index is -0.0643. The van der Waals surface area contributed by atoms with Crippen LogP contribution in [0.2, 0.25) is 0 Å². The molecule has 0 fully saturated rings. The summed E-state index contributed by atoms with van der Waals surface area (Å²) in [5.41, 5.74) is 1.92. The molecule has 0 unspecified atom stereocenters. The summed E-state index contributed by atoms with van der Waals surface area (Å²) in [6.07, 6.45) is 4.07. The molecule has 3 nitrogen and oxygen atoms in total. The molecule has 0 N–H and O–H groups in total. The molecule has 0 saturated carbocycles. The monoisotopic (exact) mass is 212 g/mol. The Morgan fingerprint density at radius 1 is 1.12 bits per heavy atom. The van der Waals surface area contributed by atoms with Crippen molar-refractivity contribution in [2.45, 2.75) is 13.3 Å². The van der Waals surface area contributed by atoms with Crippen LogP contribution in [-0.4, -0.2) is 15.8 Å². The van der Waals surface area contributed by atoms with E-state index in [1.165, 1.54) is 0 Å². The van der Waals surface area contributed by atoms with Gasteiger partial charge in [-0.2, -0.15) is 0 Å². The summed E-state index contributed by atoms with van der Waals surface area (Å²) in [6.45, 7) is 1.98. The Hall–Kier alpha value is -2.03. The van der Waals surface area contributed by atoms with Gasteiger partial charge in [-0.05, 0) is 30.7 Å². The van der Waals surface area contributed by atoms with E-state index in [1.807, 2.05) is 13.0 Å². The number of hydrogen-bond acceptors (Lipinski definition) is 3. The first-order valence-electron chi connectivity index (χ1n) is 5.22. The van der Waals surface area contributed by atoms with Crippen molar-refractivity contribution in [1.29, 1.82) is 0 Å². The van der Waals surface area contributed by atoms with Crippen LogP contribution in [0.4, 0.5) is 0 Å². The molecule has 0 atom stereocenters. The highest BCUT2D eigenvalue weighted by molar-refractivity contribution is 6.08. The number of aromatic nitrogens is 2. The Morgan fingerprint density at radius 2 is 1.94 bits per heavy atom. The molecule has 0 amide bonds. The number of rotatable bonds is 3. The summed E-state index contributed by atoms with van der Waals surface area (Å²) in [5, 5.41) is 0. The quantitative estimate of drug-likeness (QED) is 0.733. The number of pyridine rings is 2. The maximum Gasteiger partial charge on any atom is 0.213 e. The van der Waals surface area contributed by atoms with Crippen molar-refractivity contribution in [3.05, 3.63) is 59.7 Å². The molecule has 80 valence electrons. The third kappa shape index (κ3) is 1.98. The molecule has 0 aliphatic rings. The number of ketones is 1. The smallest absolute Gasteiger partial charge is 0.213 e. The summed E-state index contributed by atoms with van der Waals surface area (Å²) in [6, 6.07) is 8.88. The van der Waals surface area contributed by atoms with E-state index in [0.29, 0.717) is 11.3 Å². The average Bonchev–Trinajstić information content (AvgIpc) is 2.39. The van der Waals surface area contributed by atoms with Crippen molar-refractivity contribution in [3.63, 3.8) is 0 Å². The van der Waals surface area contributed by atoms with E-state index in [2.05, 4.69) is 9.97 Å². The van der Waals surface area contributed by atoms with Gasteiger partial charge >= 0.3 is 0 Å². The zero-order valence-corrected chi connectivity index (χ0v) is 9.05. The molecular weight excluding hydrogens is 200 g/mol. The lowest BCUT2D eigenvalue weighted by Crippen LogP contribution is -2.07. The van der Waals surface area contributed by atoms with Crippen LogP contribution in [0.5, 0.6) is 0 Å². The zero-order valence-electron chi connectivity index (χ0n) is 9.05. The van der Waals surface area contributed by atoms with Gasteiger partial charge in [0, 0.05) is 18.0 Å². The van der Waals surface area contributed by atoms with Gasteiger partial charge in [0.15, 0.2) is 0 Å². The summed E-state index contributed by atoms with van der Waals surface area (Å²) in [5.74, 6) is -0.0643. The van der Waals surface area contributed by atoms with Crippen molar-refractivity contribution in [3.8, 4) is 0 Å². The van der Waals surface area contributed by atoms with E-state index in [9.17, 15) is 4.79 Å². The third-order valence-electron chi connectivity index (χ3n) is 2.37. The molecule has 2 rings (SSSR count). The Bertz CT molecular complexity index is 494. The fourth-order valence-corrected chi connectivity index (χ4v) is 1.56. The van der Waals surface area contributed by atoms with Crippen molar-refractivity contribution in [1.82, 2.24) is 9.97 Å². The molecule has 0 saturated heterocycles. The Kier molecular flexibility index (Phi) is 3.05. The molecule has 0 spiro atoms.